The van der Waals surface area contributed by atoms with Crippen molar-refractivity contribution in [2.24, 2.45) is 0 Å². The van der Waals surface area contributed by atoms with Crippen LogP contribution in [0.3, 0.4) is 0 Å². The standard InChI is InChI=1S/C15H27N3OS/c1-15(2,3)13-12(10-16-4)20-14(17-13)18(5)11-6-8-19-9-7-11/h11,16H,6-10H2,1-5H3. The SMILES string of the molecule is CNCc1sc(N(C)C2CCOCC2)nc1C(C)(C)C. The van der Waals surface area contributed by atoms with Crippen LogP contribution in [0.15, 0.2) is 0 Å². The Hall–Kier alpha value is -0.650. The molecule has 0 aromatic carbocycles. The van der Waals surface area contributed by atoms with Crippen molar-refractivity contribution in [3.05, 3.63) is 10.6 Å². The molecule has 0 atom stereocenters. The Morgan fingerprint density at radius 3 is 2.55 bits per heavy atom. The van der Waals surface area contributed by atoms with E-state index >= 15 is 0 Å². The highest BCUT2D eigenvalue weighted by Gasteiger charge is 2.26. The zero-order valence-electron chi connectivity index (χ0n) is 13.3. The maximum Gasteiger partial charge on any atom is 0.185 e. The van der Waals surface area contributed by atoms with E-state index in [0.29, 0.717) is 6.04 Å². The average molecular weight is 297 g/mol. The van der Waals surface area contributed by atoms with Gasteiger partial charge in [0.25, 0.3) is 0 Å². The summed E-state index contributed by atoms with van der Waals surface area (Å²) in [6.07, 6.45) is 2.20. The van der Waals surface area contributed by atoms with Crippen molar-refractivity contribution in [3.63, 3.8) is 0 Å². The van der Waals surface area contributed by atoms with Crippen LogP contribution in [0.5, 0.6) is 0 Å². The molecule has 1 N–H and O–H groups in total. The Morgan fingerprint density at radius 2 is 2.00 bits per heavy atom. The van der Waals surface area contributed by atoms with Crippen LogP contribution in [-0.4, -0.2) is 38.3 Å². The van der Waals surface area contributed by atoms with E-state index in [1.165, 1.54) is 10.6 Å². The van der Waals surface area contributed by atoms with E-state index in [2.05, 4.69) is 38.0 Å². The molecule has 20 heavy (non-hydrogen) atoms. The molecule has 0 bridgehead atoms. The third kappa shape index (κ3) is 3.51. The van der Waals surface area contributed by atoms with Crippen LogP contribution in [0.25, 0.3) is 0 Å². The zero-order chi connectivity index (χ0) is 14.8. The van der Waals surface area contributed by atoms with Gasteiger partial charge in [-0.1, -0.05) is 20.8 Å². The maximum absolute atomic E-state index is 5.45. The summed E-state index contributed by atoms with van der Waals surface area (Å²) >= 11 is 1.82. The zero-order valence-corrected chi connectivity index (χ0v) is 14.1. The normalized spacial score (nSPS) is 17.4. The second kappa shape index (κ2) is 6.41. The first-order valence-corrected chi connectivity index (χ1v) is 8.20. The van der Waals surface area contributed by atoms with Crippen LogP contribution in [-0.2, 0) is 16.7 Å². The minimum absolute atomic E-state index is 0.0947. The van der Waals surface area contributed by atoms with E-state index in [-0.39, 0.29) is 5.41 Å². The van der Waals surface area contributed by atoms with Gasteiger partial charge in [-0.2, -0.15) is 0 Å². The molecule has 114 valence electrons. The van der Waals surface area contributed by atoms with Gasteiger partial charge in [0.1, 0.15) is 0 Å². The first kappa shape index (κ1) is 15.7. The Kier molecular flexibility index (Phi) is 5.04. The van der Waals surface area contributed by atoms with Crippen molar-refractivity contribution in [1.29, 1.82) is 0 Å². The van der Waals surface area contributed by atoms with E-state index in [4.69, 9.17) is 9.72 Å². The highest BCUT2D eigenvalue weighted by Crippen LogP contribution is 2.34. The van der Waals surface area contributed by atoms with Gasteiger partial charge in [0.2, 0.25) is 0 Å². The molecule has 1 saturated heterocycles. The Bertz CT molecular complexity index is 433. The van der Waals surface area contributed by atoms with Crippen LogP contribution in [0, 0.1) is 0 Å². The molecule has 1 aliphatic heterocycles. The van der Waals surface area contributed by atoms with E-state index in [0.717, 1.165) is 37.7 Å². The summed E-state index contributed by atoms with van der Waals surface area (Å²) in [6, 6.07) is 0.560. The third-order valence-electron chi connectivity index (χ3n) is 3.77. The minimum atomic E-state index is 0.0947. The number of nitrogens with zero attached hydrogens (tertiary/aromatic N) is 2. The molecule has 1 aromatic heterocycles. The number of rotatable bonds is 4. The maximum atomic E-state index is 5.45. The summed E-state index contributed by atoms with van der Waals surface area (Å²) < 4.78 is 5.45. The fraction of sp³-hybridized carbons (Fsp3) is 0.800. The van der Waals surface area contributed by atoms with Gasteiger partial charge in [-0.3, -0.25) is 0 Å². The van der Waals surface area contributed by atoms with E-state index in [1.807, 2.05) is 18.4 Å². The molecule has 5 heteroatoms. The lowest BCUT2D eigenvalue weighted by atomic mass is 9.91. The highest BCUT2D eigenvalue weighted by molar-refractivity contribution is 7.15. The van der Waals surface area contributed by atoms with E-state index < -0.39 is 0 Å². The lowest BCUT2D eigenvalue weighted by Crippen LogP contribution is -2.36. The predicted molar refractivity (Wildman–Crippen MR) is 85.8 cm³/mol. The fourth-order valence-corrected chi connectivity index (χ4v) is 3.90. The van der Waals surface area contributed by atoms with E-state index in [9.17, 15) is 0 Å². The topological polar surface area (TPSA) is 37.4 Å². The quantitative estimate of drug-likeness (QED) is 0.927. The molecule has 0 radical (unpaired) electrons. The van der Waals surface area contributed by atoms with Crippen LogP contribution >= 0.6 is 11.3 Å². The minimum Gasteiger partial charge on any atom is -0.381 e. The number of hydrogen-bond acceptors (Lipinski definition) is 5. The molecular weight excluding hydrogens is 270 g/mol. The van der Waals surface area contributed by atoms with Gasteiger partial charge in [0.15, 0.2) is 5.13 Å². The van der Waals surface area contributed by atoms with Gasteiger partial charge < -0.3 is 15.0 Å². The monoisotopic (exact) mass is 297 g/mol. The van der Waals surface area contributed by atoms with Crippen molar-refractivity contribution in [1.82, 2.24) is 10.3 Å². The molecule has 1 fully saturated rings. The van der Waals surface area contributed by atoms with Crippen molar-refractivity contribution < 1.29 is 4.74 Å². The van der Waals surface area contributed by atoms with Gasteiger partial charge in [0, 0.05) is 43.1 Å². The van der Waals surface area contributed by atoms with Crippen molar-refractivity contribution in [2.75, 3.05) is 32.2 Å². The Balaban J connectivity index is 2.23. The van der Waals surface area contributed by atoms with Crippen molar-refractivity contribution >= 4 is 16.5 Å². The second-order valence-corrected chi connectivity index (χ2v) is 7.57. The fourth-order valence-electron chi connectivity index (χ4n) is 2.59. The van der Waals surface area contributed by atoms with Crippen LogP contribution < -0.4 is 10.2 Å². The molecule has 0 spiro atoms. The van der Waals surface area contributed by atoms with Gasteiger partial charge in [-0.05, 0) is 19.9 Å². The smallest absolute Gasteiger partial charge is 0.185 e. The first-order chi connectivity index (χ1) is 9.43. The third-order valence-corrected chi connectivity index (χ3v) is 4.92. The van der Waals surface area contributed by atoms with E-state index in [1.54, 1.807) is 0 Å². The molecule has 2 rings (SSSR count). The summed E-state index contributed by atoms with van der Waals surface area (Å²) in [6.45, 7) is 9.34. The lowest BCUT2D eigenvalue weighted by Gasteiger charge is -2.31. The Labute approximate surface area is 126 Å². The van der Waals surface area contributed by atoms with Gasteiger partial charge >= 0.3 is 0 Å². The first-order valence-electron chi connectivity index (χ1n) is 7.39. The molecule has 4 nitrogen and oxygen atoms in total. The number of hydrogen-bond donors (Lipinski definition) is 1. The average Bonchev–Trinajstić information content (AvgIpc) is 2.83. The molecule has 1 aromatic rings. The van der Waals surface area contributed by atoms with Gasteiger partial charge in [0.05, 0.1) is 5.69 Å². The Morgan fingerprint density at radius 1 is 1.35 bits per heavy atom. The molecule has 0 aliphatic carbocycles. The second-order valence-electron chi connectivity index (χ2n) is 6.50. The molecule has 1 aliphatic rings. The summed E-state index contributed by atoms with van der Waals surface area (Å²) in [7, 11) is 4.17. The molecular formula is C15H27N3OS. The van der Waals surface area contributed by atoms with Gasteiger partial charge in [-0.15, -0.1) is 11.3 Å². The highest BCUT2D eigenvalue weighted by atomic mass is 32.1. The number of ether oxygens (including phenoxy) is 1. The predicted octanol–water partition coefficient (Wildman–Crippen LogP) is 2.78. The van der Waals surface area contributed by atoms with Crippen LogP contribution in [0.4, 0.5) is 5.13 Å². The lowest BCUT2D eigenvalue weighted by molar-refractivity contribution is 0.0855. The van der Waals surface area contributed by atoms with Crippen molar-refractivity contribution in [2.45, 2.75) is 51.6 Å². The van der Waals surface area contributed by atoms with Crippen LogP contribution in [0.1, 0.15) is 44.2 Å². The van der Waals surface area contributed by atoms with Crippen LogP contribution in [0.2, 0.25) is 0 Å². The molecule has 0 amide bonds. The van der Waals surface area contributed by atoms with Crippen molar-refractivity contribution in [3.8, 4) is 0 Å². The largest absolute Gasteiger partial charge is 0.381 e. The summed E-state index contributed by atoms with van der Waals surface area (Å²) in [5.41, 5.74) is 1.32. The molecule has 2 heterocycles. The molecule has 0 saturated carbocycles. The summed E-state index contributed by atoms with van der Waals surface area (Å²) in [5.74, 6) is 0. The van der Waals surface area contributed by atoms with Gasteiger partial charge in [-0.25, -0.2) is 4.98 Å². The number of aromatic nitrogens is 1. The summed E-state index contributed by atoms with van der Waals surface area (Å²) in [4.78, 5) is 8.64. The number of anilines is 1. The molecule has 0 unspecified atom stereocenters. The number of thiazole rings is 1. The summed E-state index contributed by atoms with van der Waals surface area (Å²) in [5, 5.41) is 4.41. The number of nitrogens with one attached hydrogen (secondary N) is 1.